The van der Waals surface area contributed by atoms with Crippen LogP contribution in [0.25, 0.3) is 17.0 Å². The highest BCUT2D eigenvalue weighted by Gasteiger charge is 2.39. The number of likely N-dealkylation sites (N-methyl/N-ethyl adjacent to an activating group) is 1. The lowest BCUT2D eigenvalue weighted by Gasteiger charge is -2.47. The number of likely N-dealkylation sites (tertiary alicyclic amines) is 1. The number of halogens is 1. The van der Waals surface area contributed by atoms with E-state index in [1.165, 1.54) is 80.3 Å². The largest absolute Gasteiger partial charge is 0.392 e. The zero-order chi connectivity index (χ0) is 43.1. The summed E-state index contributed by atoms with van der Waals surface area (Å²) in [7, 11) is 6.01. The molecule has 326 valence electrons. The van der Waals surface area contributed by atoms with Gasteiger partial charge < -0.3 is 35.6 Å². The molecule has 0 radical (unpaired) electrons. The summed E-state index contributed by atoms with van der Waals surface area (Å²) in [6, 6.07) is 8.84. The standard InChI is InChI=1S/C49H63ClN12/c1-32(51-5)11-13-37-27-38-28-39(29-52-47(38)58(6)35(37)4)55-46-42(50)30-53-48(56-46)62-25-19-49(20-26-62)17-23-60(24-18-49)31-36-15-21-61(22-16-36)43-10-8-9-41-44(57-59(7)45(41)43)40-14-12-33(2)54-34(40)3/h8-10,27-30,36,40,51,54H,1-4,11-26,31H2,5-7H3,(H,53,55,56). The van der Waals surface area contributed by atoms with Gasteiger partial charge in [0.2, 0.25) is 5.95 Å². The summed E-state index contributed by atoms with van der Waals surface area (Å²) in [4.78, 5) is 24.2. The Kier molecular flexibility index (Phi) is 11.8. The van der Waals surface area contributed by atoms with Crippen LogP contribution in [0.15, 0.2) is 91.3 Å². The number of hydrogen-bond acceptors (Lipinski definition) is 11. The van der Waals surface area contributed by atoms with Crippen molar-refractivity contribution >= 4 is 57.5 Å². The Morgan fingerprint density at radius 1 is 0.952 bits per heavy atom. The summed E-state index contributed by atoms with van der Waals surface area (Å²) in [6.45, 7) is 24.5. The first-order chi connectivity index (χ1) is 30.0. The van der Waals surface area contributed by atoms with Crippen molar-refractivity contribution in [2.24, 2.45) is 18.4 Å². The summed E-state index contributed by atoms with van der Waals surface area (Å²) in [5, 5.41) is 16.8. The molecule has 9 rings (SSSR count). The number of piperidine rings is 4. The lowest BCUT2D eigenvalue weighted by atomic mass is 9.71. The number of para-hydroxylation sites is 1. The van der Waals surface area contributed by atoms with Crippen LogP contribution < -0.4 is 30.7 Å². The second-order valence-electron chi connectivity index (χ2n) is 18.4. The molecule has 13 heteroatoms. The molecule has 1 atom stereocenters. The van der Waals surface area contributed by atoms with E-state index in [1.807, 2.05) is 20.3 Å². The predicted molar refractivity (Wildman–Crippen MR) is 256 cm³/mol. The molecule has 1 aromatic carbocycles. The molecular formula is C49H63ClN12. The lowest BCUT2D eigenvalue weighted by molar-refractivity contribution is 0.0677. The van der Waals surface area contributed by atoms with E-state index in [0.29, 0.717) is 16.3 Å². The smallest absolute Gasteiger partial charge is 0.227 e. The Morgan fingerprint density at radius 2 is 1.71 bits per heavy atom. The molecule has 1 unspecified atom stereocenters. The topological polar surface area (TPSA) is 106 Å². The molecule has 4 saturated heterocycles. The molecule has 4 aromatic rings. The van der Waals surface area contributed by atoms with E-state index in [2.05, 4.69) is 109 Å². The van der Waals surface area contributed by atoms with Crippen molar-refractivity contribution in [2.75, 3.05) is 79.9 Å². The number of aromatic nitrogens is 5. The van der Waals surface area contributed by atoms with Crippen molar-refractivity contribution in [2.45, 2.75) is 70.1 Å². The molecule has 4 fully saturated rings. The first-order valence-electron chi connectivity index (χ1n) is 22.6. The van der Waals surface area contributed by atoms with Gasteiger partial charge >= 0.3 is 0 Å². The van der Waals surface area contributed by atoms with Crippen molar-refractivity contribution in [1.82, 2.24) is 40.3 Å². The minimum atomic E-state index is 0.206. The van der Waals surface area contributed by atoms with E-state index >= 15 is 0 Å². The zero-order valence-corrected chi connectivity index (χ0v) is 37.7. The van der Waals surface area contributed by atoms with Gasteiger partial charge in [0.05, 0.1) is 35.0 Å². The number of benzene rings is 1. The van der Waals surface area contributed by atoms with E-state index in [9.17, 15) is 0 Å². The zero-order valence-electron chi connectivity index (χ0n) is 36.9. The van der Waals surface area contributed by atoms with E-state index < -0.39 is 0 Å². The van der Waals surface area contributed by atoms with Crippen molar-refractivity contribution in [1.29, 1.82) is 0 Å². The average Bonchev–Trinajstić information content (AvgIpc) is 3.62. The molecule has 8 heterocycles. The Labute approximate surface area is 372 Å². The van der Waals surface area contributed by atoms with Crippen molar-refractivity contribution in [3.05, 3.63) is 108 Å². The lowest BCUT2D eigenvalue weighted by Crippen LogP contribution is -2.48. The van der Waals surface area contributed by atoms with Crippen LogP contribution in [0, 0.1) is 11.3 Å². The summed E-state index contributed by atoms with van der Waals surface area (Å²) >= 11 is 6.68. The minimum Gasteiger partial charge on any atom is -0.392 e. The van der Waals surface area contributed by atoms with Crippen LogP contribution >= 0.6 is 11.6 Å². The Bertz CT molecular complexity index is 2410. The van der Waals surface area contributed by atoms with Crippen molar-refractivity contribution in [3.63, 3.8) is 0 Å². The van der Waals surface area contributed by atoms with Crippen molar-refractivity contribution < 1.29 is 0 Å². The molecule has 3 N–H and O–H groups in total. The van der Waals surface area contributed by atoms with Crippen LogP contribution in [-0.4, -0.2) is 89.5 Å². The van der Waals surface area contributed by atoms with E-state index in [0.717, 1.165) is 109 Å². The molecule has 0 amide bonds. The Balaban J connectivity index is 0.764. The number of fused-ring (bicyclic) bond motifs is 2. The van der Waals surface area contributed by atoms with Crippen LogP contribution in [0.5, 0.6) is 0 Å². The first-order valence-corrected chi connectivity index (χ1v) is 23.0. The molecule has 1 spiro atoms. The Hall–Kier alpha value is -5.33. The number of hydrogen-bond donors (Lipinski definition) is 3. The highest BCUT2D eigenvalue weighted by Crippen LogP contribution is 2.44. The van der Waals surface area contributed by atoms with Gasteiger partial charge in [0.25, 0.3) is 0 Å². The molecule has 0 saturated carbocycles. The van der Waals surface area contributed by atoms with E-state index in [-0.39, 0.29) is 5.92 Å². The van der Waals surface area contributed by atoms with Crippen LogP contribution in [0.1, 0.15) is 81.4 Å². The fourth-order valence-corrected chi connectivity index (χ4v) is 10.7. The van der Waals surface area contributed by atoms with Crippen molar-refractivity contribution in [3.8, 4) is 0 Å². The number of nitrogens with zero attached hydrogens (tertiary/aromatic N) is 9. The molecular weight excluding hydrogens is 792 g/mol. The Morgan fingerprint density at radius 3 is 2.45 bits per heavy atom. The van der Waals surface area contributed by atoms with Gasteiger partial charge in [0, 0.05) is 93.5 Å². The molecule has 3 aromatic heterocycles. The van der Waals surface area contributed by atoms with Gasteiger partial charge in [-0.25, -0.2) is 9.97 Å². The van der Waals surface area contributed by atoms with Gasteiger partial charge in [-0.2, -0.15) is 10.1 Å². The highest BCUT2D eigenvalue weighted by molar-refractivity contribution is 6.32. The van der Waals surface area contributed by atoms with Gasteiger partial charge in [-0.15, -0.1) is 0 Å². The maximum absolute atomic E-state index is 6.68. The van der Waals surface area contributed by atoms with E-state index in [1.54, 1.807) is 6.20 Å². The van der Waals surface area contributed by atoms with Crippen LogP contribution in [0.4, 0.5) is 29.0 Å². The molecule has 0 aliphatic carbocycles. The fourth-order valence-electron chi connectivity index (χ4n) is 10.5. The normalized spacial score (nSPS) is 21.0. The molecule has 0 bridgehead atoms. The minimum absolute atomic E-state index is 0.206. The number of aryl methyl sites for hydroxylation is 1. The first kappa shape index (κ1) is 42.0. The third-order valence-corrected chi connectivity index (χ3v) is 14.8. The quantitative estimate of drug-likeness (QED) is 0.135. The number of nitrogens with one attached hydrogen (secondary N) is 3. The van der Waals surface area contributed by atoms with Gasteiger partial charge in [-0.3, -0.25) is 4.68 Å². The van der Waals surface area contributed by atoms with Gasteiger partial charge in [-0.05, 0) is 112 Å². The van der Waals surface area contributed by atoms with Crippen LogP contribution in [0.3, 0.4) is 0 Å². The number of anilines is 5. The average molecular weight is 856 g/mol. The maximum atomic E-state index is 6.68. The van der Waals surface area contributed by atoms with Gasteiger partial charge in [-0.1, -0.05) is 50.0 Å². The van der Waals surface area contributed by atoms with Crippen LogP contribution in [-0.2, 0) is 7.05 Å². The second kappa shape index (κ2) is 17.4. The second-order valence-corrected chi connectivity index (χ2v) is 18.8. The third-order valence-electron chi connectivity index (χ3n) is 14.6. The molecule has 5 aliphatic rings. The van der Waals surface area contributed by atoms with E-state index in [4.69, 9.17) is 26.7 Å². The molecule has 62 heavy (non-hydrogen) atoms. The number of pyridine rings is 1. The number of allylic oxidation sites excluding steroid dienone is 4. The summed E-state index contributed by atoms with van der Waals surface area (Å²) in [5.41, 5.74) is 11.1. The predicted octanol–water partition coefficient (Wildman–Crippen LogP) is 9.11. The maximum Gasteiger partial charge on any atom is 0.227 e. The summed E-state index contributed by atoms with van der Waals surface area (Å²) in [5.74, 6) is 3.13. The summed E-state index contributed by atoms with van der Waals surface area (Å²) < 4.78 is 2.10. The monoisotopic (exact) mass is 854 g/mol. The summed E-state index contributed by atoms with van der Waals surface area (Å²) in [6.07, 6.45) is 16.7. The highest BCUT2D eigenvalue weighted by atomic mass is 35.5. The molecule has 5 aliphatic heterocycles. The van der Waals surface area contributed by atoms with Gasteiger partial charge in [0.15, 0.2) is 5.82 Å². The fraction of sp³-hybridized carbons (Fsp3) is 0.469. The van der Waals surface area contributed by atoms with Gasteiger partial charge in [0.1, 0.15) is 10.8 Å². The third kappa shape index (κ3) is 8.43. The molecule has 12 nitrogen and oxygen atoms in total. The SMILES string of the molecule is C=C(CCC1=Cc2cc(Nc3nc(N4CCC5(CCN(CC6CCN(c7cccc8c(C9CCC(=C)NC9=C)nn(C)c78)CC6)CC5)CC4)ncc3Cl)cnc2N(C)C1=C)NC. The van der Waals surface area contributed by atoms with Crippen LogP contribution in [0.2, 0.25) is 5.02 Å². The number of rotatable bonds is 11.